The van der Waals surface area contributed by atoms with Crippen LogP contribution in [0.3, 0.4) is 0 Å². The van der Waals surface area contributed by atoms with Crippen molar-refractivity contribution in [3.63, 3.8) is 0 Å². The maximum Gasteiger partial charge on any atom is 0.342 e. The minimum absolute atomic E-state index is 0.159. The van der Waals surface area contributed by atoms with Crippen LogP contribution in [-0.2, 0) is 14.9 Å². The van der Waals surface area contributed by atoms with Crippen LogP contribution >= 0.6 is 0 Å². The summed E-state index contributed by atoms with van der Waals surface area (Å²) < 4.78 is 22.9. The summed E-state index contributed by atoms with van der Waals surface area (Å²) in [6.45, 7) is 2.20. The molecule has 2 aliphatic heterocycles. The van der Waals surface area contributed by atoms with Crippen molar-refractivity contribution >= 4 is 17.6 Å². The Labute approximate surface area is 186 Å². The van der Waals surface area contributed by atoms with E-state index in [4.69, 9.17) is 18.9 Å². The van der Waals surface area contributed by atoms with Crippen LogP contribution in [-0.4, -0.2) is 44.8 Å². The molecule has 7 heteroatoms. The summed E-state index contributed by atoms with van der Waals surface area (Å²) in [6, 6.07) is 10.6. The number of rotatable bonds is 4. The maximum absolute atomic E-state index is 12.9. The number of hydrogen-bond donors (Lipinski definition) is 0. The van der Waals surface area contributed by atoms with Gasteiger partial charge in [-0.05, 0) is 36.8 Å². The van der Waals surface area contributed by atoms with E-state index in [1.54, 1.807) is 31.4 Å². The molecule has 1 unspecified atom stereocenters. The van der Waals surface area contributed by atoms with Gasteiger partial charge in [-0.25, -0.2) is 4.79 Å². The lowest BCUT2D eigenvalue weighted by atomic mass is 9.67. The predicted octanol–water partition coefficient (Wildman–Crippen LogP) is 3.64. The Bertz CT molecular complexity index is 1130. The first-order valence-electron chi connectivity index (χ1n) is 10.7. The van der Waals surface area contributed by atoms with Gasteiger partial charge in [0.15, 0.2) is 11.5 Å². The number of anilines is 1. The number of hydrogen-bond acceptors (Lipinski definition) is 7. The molecule has 0 radical (unpaired) electrons. The molecular formula is C25H25NO6. The normalized spacial score (nSPS) is 24.8. The first-order valence-corrected chi connectivity index (χ1v) is 10.7. The number of benzene rings is 2. The third-order valence-corrected chi connectivity index (χ3v) is 6.57. The molecule has 2 heterocycles. The van der Waals surface area contributed by atoms with Gasteiger partial charge in [-0.3, -0.25) is 4.79 Å². The molecular weight excluding hydrogens is 410 g/mol. The van der Waals surface area contributed by atoms with Crippen LogP contribution in [0.4, 0.5) is 5.69 Å². The number of carbonyl (C=O) groups is 2. The first kappa shape index (κ1) is 20.4. The SMILES string of the molecule is COc1ccc2c3c1OC1C[C@@H](OC(=O)c4ccccc4OC(C)=O)C=C[C@@]31CCN2C. The Hall–Kier alpha value is -3.48. The highest BCUT2D eigenvalue weighted by molar-refractivity contribution is 5.93. The molecule has 5 rings (SSSR count). The third kappa shape index (κ3) is 3.11. The average molecular weight is 435 g/mol. The van der Waals surface area contributed by atoms with Crippen molar-refractivity contribution in [2.75, 3.05) is 25.6 Å². The van der Waals surface area contributed by atoms with Crippen molar-refractivity contribution in [1.82, 2.24) is 0 Å². The number of methoxy groups -OCH3 is 1. The van der Waals surface area contributed by atoms with Crippen molar-refractivity contribution in [3.05, 3.63) is 59.7 Å². The minimum atomic E-state index is -0.537. The summed E-state index contributed by atoms with van der Waals surface area (Å²) in [5.41, 5.74) is 2.25. The maximum atomic E-state index is 12.9. The molecule has 7 nitrogen and oxygen atoms in total. The fourth-order valence-electron chi connectivity index (χ4n) is 5.03. The van der Waals surface area contributed by atoms with E-state index in [2.05, 4.69) is 24.1 Å². The Morgan fingerprint density at radius 1 is 1.16 bits per heavy atom. The van der Waals surface area contributed by atoms with Gasteiger partial charge in [-0.2, -0.15) is 0 Å². The lowest BCUT2D eigenvalue weighted by molar-refractivity contribution is -0.131. The molecule has 166 valence electrons. The van der Waals surface area contributed by atoms with Crippen LogP contribution in [0.1, 0.15) is 35.7 Å². The highest BCUT2D eigenvalue weighted by Crippen LogP contribution is 2.58. The third-order valence-electron chi connectivity index (χ3n) is 6.57. The second-order valence-electron chi connectivity index (χ2n) is 8.44. The van der Waals surface area contributed by atoms with Crippen molar-refractivity contribution in [2.45, 2.75) is 37.4 Å². The number of para-hydroxylation sites is 1. The summed E-state index contributed by atoms with van der Waals surface area (Å²) >= 11 is 0. The second kappa shape index (κ2) is 7.58. The molecule has 0 bridgehead atoms. The van der Waals surface area contributed by atoms with E-state index in [0.29, 0.717) is 12.2 Å². The Kier molecular flexibility index (Phi) is 4.84. The fourth-order valence-corrected chi connectivity index (χ4v) is 5.03. The standard InChI is InChI=1S/C25H25NO6/c1-15(27)30-19-7-5-4-6-17(19)24(28)31-16-10-11-25-12-13-26(2)18-8-9-20(29-3)23(22(18)25)32-21(25)14-16/h4-11,16,21H,12-14H2,1-3H3/t16-,21?,25-/m0/s1. The van der Waals surface area contributed by atoms with Crippen molar-refractivity contribution in [2.24, 2.45) is 0 Å². The summed E-state index contributed by atoms with van der Waals surface area (Å²) in [6.07, 6.45) is 4.92. The van der Waals surface area contributed by atoms with Gasteiger partial charge in [0, 0.05) is 38.2 Å². The smallest absolute Gasteiger partial charge is 0.342 e. The van der Waals surface area contributed by atoms with E-state index in [1.807, 2.05) is 12.1 Å². The van der Waals surface area contributed by atoms with Gasteiger partial charge in [-0.1, -0.05) is 18.2 Å². The van der Waals surface area contributed by atoms with Crippen LogP contribution in [0.25, 0.3) is 0 Å². The summed E-state index contributed by atoms with van der Waals surface area (Å²) in [5, 5.41) is 0. The van der Waals surface area contributed by atoms with E-state index in [-0.39, 0.29) is 22.8 Å². The van der Waals surface area contributed by atoms with E-state index in [0.717, 1.165) is 30.0 Å². The zero-order chi connectivity index (χ0) is 22.5. The minimum Gasteiger partial charge on any atom is -0.493 e. The number of esters is 2. The number of nitrogens with zero attached hydrogens (tertiary/aromatic N) is 1. The van der Waals surface area contributed by atoms with Gasteiger partial charge in [-0.15, -0.1) is 0 Å². The molecule has 0 aromatic heterocycles. The topological polar surface area (TPSA) is 74.3 Å². The lowest BCUT2D eigenvalue weighted by Gasteiger charge is -2.42. The molecule has 0 N–H and O–H groups in total. The highest BCUT2D eigenvalue weighted by Gasteiger charge is 2.54. The molecule has 1 spiro atoms. The molecule has 0 amide bonds. The number of ether oxygens (including phenoxy) is 4. The van der Waals surface area contributed by atoms with E-state index >= 15 is 0 Å². The van der Waals surface area contributed by atoms with E-state index in [1.165, 1.54) is 6.92 Å². The largest absolute Gasteiger partial charge is 0.493 e. The summed E-state index contributed by atoms with van der Waals surface area (Å²) in [7, 11) is 3.73. The van der Waals surface area contributed by atoms with Crippen LogP contribution in [0, 0.1) is 0 Å². The van der Waals surface area contributed by atoms with E-state index < -0.39 is 18.0 Å². The molecule has 0 saturated heterocycles. The zero-order valence-corrected chi connectivity index (χ0v) is 18.3. The van der Waals surface area contributed by atoms with Crippen molar-refractivity contribution in [3.8, 4) is 17.2 Å². The Morgan fingerprint density at radius 3 is 2.75 bits per heavy atom. The van der Waals surface area contributed by atoms with Gasteiger partial charge >= 0.3 is 11.9 Å². The van der Waals surface area contributed by atoms with Crippen molar-refractivity contribution in [1.29, 1.82) is 0 Å². The van der Waals surface area contributed by atoms with Gasteiger partial charge in [0.2, 0.25) is 0 Å². The fraction of sp³-hybridized carbons (Fsp3) is 0.360. The molecule has 0 fully saturated rings. The summed E-state index contributed by atoms with van der Waals surface area (Å²) in [4.78, 5) is 26.5. The molecule has 0 saturated carbocycles. The average Bonchev–Trinajstić information content (AvgIpc) is 3.12. The molecule has 32 heavy (non-hydrogen) atoms. The predicted molar refractivity (Wildman–Crippen MR) is 118 cm³/mol. The van der Waals surface area contributed by atoms with Crippen molar-refractivity contribution < 1.29 is 28.5 Å². The van der Waals surface area contributed by atoms with Gasteiger partial charge in [0.1, 0.15) is 23.5 Å². The van der Waals surface area contributed by atoms with E-state index in [9.17, 15) is 9.59 Å². The van der Waals surface area contributed by atoms with Gasteiger partial charge in [0.05, 0.1) is 12.5 Å². The van der Waals surface area contributed by atoms with Crippen LogP contribution < -0.4 is 19.1 Å². The van der Waals surface area contributed by atoms with Gasteiger partial charge in [0.25, 0.3) is 0 Å². The summed E-state index contributed by atoms with van der Waals surface area (Å²) in [5.74, 6) is 0.650. The van der Waals surface area contributed by atoms with Crippen LogP contribution in [0.2, 0.25) is 0 Å². The highest BCUT2D eigenvalue weighted by atomic mass is 16.6. The molecule has 3 atom stereocenters. The Balaban J connectivity index is 1.42. The second-order valence-corrected chi connectivity index (χ2v) is 8.44. The van der Waals surface area contributed by atoms with Crippen LogP contribution in [0.15, 0.2) is 48.6 Å². The Morgan fingerprint density at radius 2 is 1.97 bits per heavy atom. The quantitative estimate of drug-likeness (QED) is 0.412. The molecule has 2 aromatic rings. The monoisotopic (exact) mass is 435 g/mol. The first-order chi connectivity index (χ1) is 15.4. The van der Waals surface area contributed by atoms with Crippen LogP contribution in [0.5, 0.6) is 17.2 Å². The number of carbonyl (C=O) groups excluding carboxylic acids is 2. The van der Waals surface area contributed by atoms with Gasteiger partial charge < -0.3 is 23.8 Å². The zero-order valence-electron chi connectivity index (χ0n) is 18.3. The molecule has 2 aromatic carbocycles. The molecule has 3 aliphatic rings. The molecule has 1 aliphatic carbocycles. The lowest BCUT2D eigenvalue weighted by Crippen LogP contribution is -2.47.